The molecule has 60 heavy (non-hydrogen) atoms. The van der Waals surface area contributed by atoms with Crippen LogP contribution in [0, 0.1) is 20.8 Å². The van der Waals surface area contributed by atoms with Gasteiger partial charge in [0, 0.05) is 31.9 Å². The van der Waals surface area contributed by atoms with E-state index in [0.717, 1.165) is 29.8 Å². The molecular formula is C48H61N2O9S+. The number of rotatable bonds is 18. The van der Waals surface area contributed by atoms with Crippen molar-refractivity contribution in [3.8, 4) is 23.0 Å². The van der Waals surface area contributed by atoms with Crippen LogP contribution in [0.4, 0.5) is 5.69 Å². The monoisotopic (exact) mass is 841 g/mol. The molecule has 4 aromatic carbocycles. The average Bonchev–Trinajstić information content (AvgIpc) is 3.24. The minimum atomic E-state index is -4.02. The Kier molecular flexibility index (Phi) is 20.3. The lowest BCUT2D eigenvalue weighted by Gasteiger charge is -2.14. The van der Waals surface area contributed by atoms with Gasteiger partial charge in [0.15, 0.2) is 18.9 Å². The van der Waals surface area contributed by atoms with Crippen molar-refractivity contribution in [2.75, 3.05) is 32.2 Å². The van der Waals surface area contributed by atoms with Crippen LogP contribution in [0.1, 0.15) is 96.7 Å². The maximum atomic E-state index is 12.9. The molecule has 0 saturated carbocycles. The molecular weight excluding hydrogens is 781 g/mol. The Bertz CT molecular complexity index is 2170. The van der Waals surface area contributed by atoms with Crippen molar-refractivity contribution >= 4 is 27.7 Å². The van der Waals surface area contributed by atoms with Crippen molar-refractivity contribution < 1.29 is 46.1 Å². The second-order valence-corrected chi connectivity index (χ2v) is 15.5. The molecule has 1 N–H and O–H groups in total. The van der Waals surface area contributed by atoms with Crippen LogP contribution in [-0.4, -0.2) is 52.2 Å². The molecule has 0 radical (unpaired) electrons. The van der Waals surface area contributed by atoms with Gasteiger partial charge in [-0.3, -0.25) is 4.55 Å². The summed E-state index contributed by atoms with van der Waals surface area (Å²) in [5.41, 5.74) is 4.33. The van der Waals surface area contributed by atoms with Gasteiger partial charge in [-0.1, -0.05) is 70.6 Å². The minimum absolute atomic E-state index is 0.0666. The molecule has 0 amide bonds. The van der Waals surface area contributed by atoms with E-state index in [-0.39, 0.29) is 4.90 Å². The molecule has 11 nitrogen and oxygen atoms in total. The number of esters is 2. The maximum Gasteiger partial charge on any atom is 0.343 e. The van der Waals surface area contributed by atoms with E-state index >= 15 is 0 Å². The number of carbonyl (C=O) groups is 2. The average molecular weight is 842 g/mol. The van der Waals surface area contributed by atoms with Gasteiger partial charge in [0.25, 0.3) is 10.1 Å². The van der Waals surface area contributed by atoms with E-state index in [1.54, 1.807) is 72.8 Å². The highest BCUT2D eigenvalue weighted by Gasteiger charge is 2.17. The Morgan fingerprint density at radius 2 is 1.07 bits per heavy atom. The SMILES string of the molecule is CC.CCCCCCCCOc1ccc(C(=O)Oc2ccc(OC(=O)c3ccc(OCC[n+]4ccc(N(C)C)cc4)cc3)c(C)c2C)cc1.Cc1ccc(S(=O)(=O)O)cc1. The van der Waals surface area contributed by atoms with Crippen molar-refractivity contribution in [1.29, 1.82) is 0 Å². The van der Waals surface area contributed by atoms with E-state index < -0.39 is 22.1 Å². The Hall–Kier alpha value is -5.72. The molecule has 0 aliphatic carbocycles. The Morgan fingerprint density at radius 3 is 1.52 bits per heavy atom. The van der Waals surface area contributed by atoms with E-state index in [9.17, 15) is 18.0 Å². The highest BCUT2D eigenvalue weighted by Crippen LogP contribution is 2.31. The van der Waals surface area contributed by atoms with Crippen molar-refractivity contribution in [2.24, 2.45) is 0 Å². The van der Waals surface area contributed by atoms with Gasteiger partial charge in [-0.25, -0.2) is 14.2 Å². The molecule has 0 unspecified atom stereocenters. The number of anilines is 1. The molecule has 0 atom stereocenters. The van der Waals surface area contributed by atoms with Gasteiger partial charge in [-0.05, 0) is 111 Å². The third kappa shape index (κ3) is 16.1. The lowest BCUT2D eigenvalue weighted by molar-refractivity contribution is -0.697. The molecule has 0 aliphatic rings. The lowest BCUT2D eigenvalue weighted by Crippen LogP contribution is -2.35. The van der Waals surface area contributed by atoms with Crippen molar-refractivity contribution in [1.82, 2.24) is 0 Å². The number of nitrogens with zero attached hydrogens (tertiary/aromatic N) is 2. The van der Waals surface area contributed by atoms with Gasteiger partial charge in [-0.2, -0.15) is 8.42 Å². The zero-order valence-electron chi connectivity index (χ0n) is 36.3. The first-order valence-corrected chi connectivity index (χ1v) is 21.9. The predicted octanol–water partition coefficient (Wildman–Crippen LogP) is 10.2. The Balaban J connectivity index is 0.000000634. The smallest absolute Gasteiger partial charge is 0.343 e. The fourth-order valence-corrected chi connectivity index (χ4v) is 6.11. The maximum absolute atomic E-state index is 12.9. The van der Waals surface area contributed by atoms with E-state index in [4.69, 9.17) is 23.5 Å². The number of hydrogen-bond acceptors (Lipinski definition) is 9. The summed E-state index contributed by atoms with van der Waals surface area (Å²) >= 11 is 0. The largest absolute Gasteiger partial charge is 0.494 e. The molecule has 0 bridgehead atoms. The van der Waals surface area contributed by atoms with Crippen LogP contribution in [0.15, 0.2) is 114 Å². The molecule has 0 fully saturated rings. The summed E-state index contributed by atoms with van der Waals surface area (Å²) in [5.74, 6) is 1.25. The first-order valence-electron chi connectivity index (χ1n) is 20.5. The first-order chi connectivity index (χ1) is 28.7. The normalized spacial score (nSPS) is 10.6. The van der Waals surface area contributed by atoms with Gasteiger partial charge < -0.3 is 23.8 Å². The molecule has 0 saturated heterocycles. The van der Waals surface area contributed by atoms with Gasteiger partial charge in [0.1, 0.15) is 29.6 Å². The zero-order valence-corrected chi connectivity index (χ0v) is 37.1. The molecule has 12 heteroatoms. The van der Waals surface area contributed by atoms with Gasteiger partial charge in [-0.15, -0.1) is 0 Å². The van der Waals surface area contributed by atoms with Gasteiger partial charge in [0.2, 0.25) is 0 Å². The molecule has 1 aromatic heterocycles. The van der Waals surface area contributed by atoms with Gasteiger partial charge in [0.05, 0.1) is 22.6 Å². The minimum Gasteiger partial charge on any atom is -0.494 e. The highest BCUT2D eigenvalue weighted by atomic mass is 32.2. The number of aryl methyl sites for hydroxylation is 1. The number of benzene rings is 4. The Labute approximate surface area is 356 Å². The van der Waals surface area contributed by atoms with Crippen LogP contribution in [-0.2, 0) is 16.7 Å². The summed E-state index contributed by atoms with van der Waals surface area (Å²) < 4.78 is 54.7. The summed E-state index contributed by atoms with van der Waals surface area (Å²) in [7, 11) is -0.00222. The number of pyridine rings is 1. The van der Waals surface area contributed by atoms with E-state index in [0.29, 0.717) is 59.3 Å². The summed E-state index contributed by atoms with van der Waals surface area (Å²) in [4.78, 5) is 27.8. The van der Waals surface area contributed by atoms with Crippen LogP contribution in [0.3, 0.4) is 0 Å². The van der Waals surface area contributed by atoms with Crippen molar-refractivity contribution in [3.05, 3.63) is 137 Å². The standard InChI is InChI=1S/C39H47N2O6.C7H8O3S.C2H6/c1-6-7-8-9-10-11-27-44-34-16-12-31(13-17-34)38(42)46-36-20-21-37(30(3)29(36)2)47-39(43)32-14-18-35(19-15-32)45-28-26-41-24-22-33(23-25-41)40(4)5;1-6-2-4-7(5-3-6)11(8,9)10;1-2/h12-25H,6-11,26-28H2,1-5H3;2-5H,1H3,(H,8,9,10);1-2H3/q+1;;. The van der Waals surface area contributed by atoms with E-state index in [1.807, 2.05) is 61.1 Å². The number of aromatic nitrogens is 1. The van der Waals surface area contributed by atoms with Gasteiger partial charge >= 0.3 is 11.9 Å². The summed E-state index contributed by atoms with van der Waals surface area (Å²) in [5, 5.41) is 0. The third-order valence-corrected chi connectivity index (χ3v) is 10.2. The topological polar surface area (TPSA) is 133 Å². The van der Waals surface area contributed by atoms with Crippen LogP contribution in [0.25, 0.3) is 0 Å². The number of hydrogen-bond donors (Lipinski definition) is 1. The quantitative estimate of drug-likeness (QED) is 0.0299. The van der Waals surface area contributed by atoms with Crippen molar-refractivity contribution in [2.45, 2.75) is 91.5 Å². The molecule has 5 aromatic rings. The highest BCUT2D eigenvalue weighted by molar-refractivity contribution is 7.85. The summed E-state index contributed by atoms with van der Waals surface area (Å²) in [6, 6.07) is 27.2. The fourth-order valence-electron chi connectivity index (χ4n) is 5.63. The predicted molar refractivity (Wildman–Crippen MR) is 236 cm³/mol. The molecule has 0 aliphatic heterocycles. The molecule has 0 spiro atoms. The van der Waals surface area contributed by atoms with Crippen LogP contribution >= 0.6 is 0 Å². The molecule has 5 rings (SSSR count). The number of unbranched alkanes of at least 4 members (excludes halogenated alkanes) is 5. The van der Waals surface area contributed by atoms with Crippen molar-refractivity contribution in [3.63, 3.8) is 0 Å². The van der Waals surface area contributed by atoms with E-state index in [1.165, 1.54) is 37.8 Å². The second kappa shape index (κ2) is 25.0. The summed E-state index contributed by atoms with van der Waals surface area (Å²) in [6.07, 6.45) is 11.3. The van der Waals surface area contributed by atoms with Crippen LogP contribution in [0.2, 0.25) is 0 Å². The third-order valence-electron chi connectivity index (χ3n) is 9.37. The molecule has 322 valence electrons. The Morgan fingerprint density at radius 1 is 0.617 bits per heavy atom. The zero-order chi connectivity index (χ0) is 44.1. The second-order valence-electron chi connectivity index (χ2n) is 14.1. The fraction of sp³-hybridized carbons (Fsp3) is 0.354. The van der Waals surface area contributed by atoms with E-state index in [2.05, 4.69) is 28.5 Å². The number of ether oxygens (including phenoxy) is 4. The van der Waals surface area contributed by atoms with Crippen LogP contribution in [0.5, 0.6) is 23.0 Å². The summed E-state index contributed by atoms with van der Waals surface area (Å²) in [6.45, 7) is 13.6. The lowest BCUT2D eigenvalue weighted by atomic mass is 10.1. The first kappa shape index (κ1) is 48.6. The van der Waals surface area contributed by atoms with Crippen LogP contribution < -0.4 is 28.4 Å². The molecule has 1 heterocycles. The number of carbonyl (C=O) groups excluding carboxylic acids is 2.